The minimum absolute atomic E-state index is 0.0277. The second-order valence-electron chi connectivity index (χ2n) is 7.18. The number of nitrogens with zero attached hydrogens (tertiary/aromatic N) is 4. The maximum Gasteiger partial charge on any atom is 0.233 e. The van der Waals surface area contributed by atoms with Crippen molar-refractivity contribution in [2.24, 2.45) is 5.92 Å². The molecule has 1 aliphatic heterocycles. The van der Waals surface area contributed by atoms with E-state index >= 15 is 0 Å². The number of aromatic nitrogens is 2. The first-order valence-electron chi connectivity index (χ1n) is 9.07. The maximum absolute atomic E-state index is 12.4. The lowest BCUT2D eigenvalue weighted by Gasteiger charge is -2.18. The van der Waals surface area contributed by atoms with Gasteiger partial charge in [-0.3, -0.25) is 4.79 Å². The van der Waals surface area contributed by atoms with E-state index in [4.69, 9.17) is 4.74 Å². The van der Waals surface area contributed by atoms with Crippen molar-refractivity contribution in [3.63, 3.8) is 0 Å². The summed E-state index contributed by atoms with van der Waals surface area (Å²) in [4.78, 5) is 16.2. The topological polar surface area (TPSA) is 58.6 Å². The van der Waals surface area contributed by atoms with E-state index in [2.05, 4.69) is 10.2 Å². The van der Waals surface area contributed by atoms with Crippen molar-refractivity contribution in [2.75, 3.05) is 32.1 Å². The molecule has 6 heteroatoms. The van der Waals surface area contributed by atoms with Crippen LogP contribution in [0.1, 0.15) is 44.9 Å². The Hall–Kier alpha value is -1.85. The molecule has 132 valence electrons. The van der Waals surface area contributed by atoms with E-state index < -0.39 is 0 Å². The number of rotatable bonds is 6. The van der Waals surface area contributed by atoms with Crippen molar-refractivity contribution >= 4 is 11.7 Å². The van der Waals surface area contributed by atoms with E-state index in [1.807, 2.05) is 36.0 Å². The van der Waals surface area contributed by atoms with Crippen LogP contribution >= 0.6 is 0 Å². The van der Waals surface area contributed by atoms with E-state index in [-0.39, 0.29) is 12.0 Å². The molecule has 1 atom stereocenters. The molecule has 6 nitrogen and oxygen atoms in total. The first-order chi connectivity index (χ1) is 11.6. The number of likely N-dealkylation sites (tertiary alicyclic amines) is 1. The van der Waals surface area contributed by atoms with Gasteiger partial charge in [0.2, 0.25) is 11.8 Å². The zero-order valence-electron chi connectivity index (χ0n) is 14.8. The first-order valence-corrected chi connectivity index (χ1v) is 9.07. The second-order valence-corrected chi connectivity index (χ2v) is 7.18. The molecule has 0 N–H and O–H groups in total. The van der Waals surface area contributed by atoms with Gasteiger partial charge in [0, 0.05) is 39.5 Å². The summed E-state index contributed by atoms with van der Waals surface area (Å²) < 4.78 is 5.88. The fourth-order valence-electron chi connectivity index (χ4n) is 3.62. The molecule has 0 aromatic carbocycles. The average molecular weight is 332 g/mol. The summed E-state index contributed by atoms with van der Waals surface area (Å²) in [5, 5.41) is 8.22. The average Bonchev–Trinajstić information content (AvgIpc) is 3.25. The first kappa shape index (κ1) is 17.0. The van der Waals surface area contributed by atoms with Crippen LogP contribution in [0.2, 0.25) is 0 Å². The lowest BCUT2D eigenvalue weighted by Crippen LogP contribution is -2.31. The predicted molar refractivity (Wildman–Crippen MR) is 93.2 cm³/mol. The van der Waals surface area contributed by atoms with Gasteiger partial charge in [-0.1, -0.05) is 25.7 Å². The largest absolute Gasteiger partial charge is 0.471 e. The molecule has 2 heterocycles. The van der Waals surface area contributed by atoms with Crippen LogP contribution in [0.5, 0.6) is 5.88 Å². The lowest BCUT2D eigenvalue weighted by atomic mass is 10.0. The van der Waals surface area contributed by atoms with Gasteiger partial charge in [-0.25, -0.2) is 0 Å². The SMILES string of the molecule is CN(C)c1ccc(OC2CCN(C(=O)CCC3CCCC3)C2)nn1. The van der Waals surface area contributed by atoms with Crippen LogP contribution < -0.4 is 9.64 Å². The van der Waals surface area contributed by atoms with Crippen LogP contribution in [-0.4, -0.2) is 54.3 Å². The third kappa shape index (κ3) is 4.36. The molecular formula is C18H28N4O2. The summed E-state index contributed by atoms with van der Waals surface area (Å²) in [7, 11) is 3.85. The fraction of sp³-hybridized carbons (Fsp3) is 0.722. The summed E-state index contributed by atoms with van der Waals surface area (Å²) in [5.41, 5.74) is 0. The molecule has 3 rings (SSSR count). The molecule has 1 aromatic heterocycles. The minimum atomic E-state index is 0.0277. The second kappa shape index (κ2) is 7.81. The maximum atomic E-state index is 12.4. The highest BCUT2D eigenvalue weighted by Gasteiger charge is 2.28. The zero-order valence-corrected chi connectivity index (χ0v) is 14.8. The van der Waals surface area contributed by atoms with Gasteiger partial charge >= 0.3 is 0 Å². The Morgan fingerprint density at radius 1 is 1.25 bits per heavy atom. The number of carbonyl (C=O) groups excluding carboxylic acids is 1. The quantitative estimate of drug-likeness (QED) is 0.801. The van der Waals surface area contributed by atoms with Crippen LogP contribution in [-0.2, 0) is 4.79 Å². The predicted octanol–water partition coefficient (Wildman–Crippen LogP) is 2.49. The monoisotopic (exact) mass is 332 g/mol. The lowest BCUT2D eigenvalue weighted by molar-refractivity contribution is -0.130. The fourth-order valence-corrected chi connectivity index (χ4v) is 3.62. The molecule has 1 saturated heterocycles. The Balaban J connectivity index is 1.43. The highest BCUT2D eigenvalue weighted by molar-refractivity contribution is 5.76. The minimum Gasteiger partial charge on any atom is -0.471 e. The van der Waals surface area contributed by atoms with Crippen molar-refractivity contribution in [1.82, 2.24) is 15.1 Å². The standard InChI is InChI=1S/C18H28N4O2/c1-21(2)16-8-9-17(20-19-16)24-15-11-12-22(13-15)18(23)10-7-14-5-3-4-6-14/h8-9,14-15H,3-7,10-13H2,1-2H3. The van der Waals surface area contributed by atoms with Gasteiger partial charge in [-0.15, -0.1) is 10.2 Å². The number of ether oxygens (including phenoxy) is 1. The van der Waals surface area contributed by atoms with Gasteiger partial charge in [0.05, 0.1) is 6.54 Å². The van der Waals surface area contributed by atoms with Crippen molar-refractivity contribution in [3.05, 3.63) is 12.1 Å². The molecule has 0 bridgehead atoms. The van der Waals surface area contributed by atoms with Gasteiger partial charge in [0.25, 0.3) is 0 Å². The third-order valence-corrected chi connectivity index (χ3v) is 5.11. The van der Waals surface area contributed by atoms with E-state index in [0.29, 0.717) is 18.8 Å². The van der Waals surface area contributed by atoms with Crippen LogP contribution in [0.15, 0.2) is 12.1 Å². The molecule has 2 aliphatic rings. The smallest absolute Gasteiger partial charge is 0.233 e. The molecule has 0 spiro atoms. The molecule has 1 saturated carbocycles. The van der Waals surface area contributed by atoms with E-state index in [0.717, 1.165) is 31.1 Å². The summed E-state index contributed by atoms with van der Waals surface area (Å²) >= 11 is 0. The van der Waals surface area contributed by atoms with Crippen molar-refractivity contribution < 1.29 is 9.53 Å². The van der Waals surface area contributed by atoms with Crippen LogP contribution in [0.4, 0.5) is 5.82 Å². The number of hydrogen-bond donors (Lipinski definition) is 0. The van der Waals surface area contributed by atoms with Gasteiger partial charge in [0.1, 0.15) is 6.10 Å². The van der Waals surface area contributed by atoms with Crippen molar-refractivity contribution in [1.29, 1.82) is 0 Å². The van der Waals surface area contributed by atoms with Gasteiger partial charge < -0.3 is 14.5 Å². The Labute approximate surface area is 144 Å². The zero-order chi connectivity index (χ0) is 16.9. The molecule has 2 fully saturated rings. The molecule has 24 heavy (non-hydrogen) atoms. The molecule has 1 unspecified atom stereocenters. The van der Waals surface area contributed by atoms with Crippen LogP contribution in [0, 0.1) is 5.92 Å². The Morgan fingerprint density at radius 3 is 2.71 bits per heavy atom. The molecular weight excluding hydrogens is 304 g/mol. The summed E-state index contributed by atoms with van der Waals surface area (Å²) in [5.74, 6) is 2.39. The molecule has 0 radical (unpaired) electrons. The Morgan fingerprint density at radius 2 is 2.04 bits per heavy atom. The highest BCUT2D eigenvalue weighted by Crippen LogP contribution is 2.29. The molecule has 1 amide bonds. The normalized spacial score (nSPS) is 21.2. The molecule has 1 aliphatic carbocycles. The summed E-state index contributed by atoms with van der Waals surface area (Å²) in [6.45, 7) is 1.46. The Kier molecular flexibility index (Phi) is 5.53. The van der Waals surface area contributed by atoms with E-state index in [1.54, 1.807) is 0 Å². The summed E-state index contributed by atoms with van der Waals surface area (Å²) in [6, 6.07) is 3.73. The van der Waals surface area contributed by atoms with Crippen LogP contribution in [0.3, 0.4) is 0 Å². The van der Waals surface area contributed by atoms with Gasteiger partial charge in [0.15, 0.2) is 5.82 Å². The number of amides is 1. The van der Waals surface area contributed by atoms with Crippen LogP contribution in [0.25, 0.3) is 0 Å². The van der Waals surface area contributed by atoms with Gasteiger partial charge in [-0.2, -0.15) is 0 Å². The highest BCUT2D eigenvalue weighted by atomic mass is 16.5. The molecule has 1 aromatic rings. The van der Waals surface area contributed by atoms with E-state index in [1.165, 1.54) is 25.7 Å². The third-order valence-electron chi connectivity index (χ3n) is 5.11. The van der Waals surface area contributed by atoms with Crippen molar-refractivity contribution in [2.45, 2.75) is 51.0 Å². The number of carbonyl (C=O) groups is 1. The number of anilines is 1. The summed E-state index contributed by atoms with van der Waals surface area (Å²) in [6.07, 6.45) is 7.93. The number of hydrogen-bond acceptors (Lipinski definition) is 5. The van der Waals surface area contributed by atoms with Crippen molar-refractivity contribution in [3.8, 4) is 5.88 Å². The van der Waals surface area contributed by atoms with Gasteiger partial charge in [-0.05, 0) is 18.4 Å². The Bertz CT molecular complexity index is 540. The van der Waals surface area contributed by atoms with E-state index in [9.17, 15) is 4.79 Å².